The highest BCUT2D eigenvalue weighted by atomic mass is 32.1. The fourth-order valence-electron chi connectivity index (χ4n) is 4.37. The number of amides is 1. The Morgan fingerprint density at radius 3 is 2.55 bits per heavy atom. The average Bonchev–Trinajstić information content (AvgIpc) is 3.54. The Morgan fingerprint density at radius 2 is 1.85 bits per heavy atom. The molecule has 1 amide bonds. The van der Waals surface area contributed by atoms with E-state index in [-0.39, 0.29) is 11.8 Å². The van der Waals surface area contributed by atoms with Crippen molar-refractivity contribution < 1.29 is 4.79 Å². The average molecular weight is 461 g/mol. The zero-order valence-corrected chi connectivity index (χ0v) is 19.8. The lowest BCUT2D eigenvalue weighted by Crippen LogP contribution is -2.49. The van der Waals surface area contributed by atoms with Crippen molar-refractivity contribution in [2.75, 3.05) is 31.1 Å². The van der Waals surface area contributed by atoms with E-state index in [4.69, 9.17) is 9.97 Å². The Hall–Kier alpha value is -3.26. The van der Waals surface area contributed by atoms with Crippen molar-refractivity contribution in [2.45, 2.75) is 32.6 Å². The summed E-state index contributed by atoms with van der Waals surface area (Å²) >= 11 is 1.50. The highest BCUT2D eigenvalue weighted by Gasteiger charge is 2.26. The third-order valence-electron chi connectivity index (χ3n) is 6.19. The van der Waals surface area contributed by atoms with E-state index < -0.39 is 0 Å². The summed E-state index contributed by atoms with van der Waals surface area (Å²) in [6, 6.07) is 13.9. The number of nitrogens with zero attached hydrogens (tertiary/aromatic N) is 6. The van der Waals surface area contributed by atoms with Gasteiger partial charge in [-0.3, -0.25) is 4.79 Å². The molecule has 7 nitrogen and oxygen atoms in total. The number of hydrogen-bond acceptors (Lipinski definition) is 6. The predicted molar refractivity (Wildman–Crippen MR) is 132 cm³/mol. The van der Waals surface area contributed by atoms with Crippen molar-refractivity contribution in [3.05, 3.63) is 64.7 Å². The van der Waals surface area contributed by atoms with Crippen LogP contribution < -0.4 is 4.90 Å². The Labute approximate surface area is 197 Å². The summed E-state index contributed by atoms with van der Waals surface area (Å²) in [7, 11) is 0. The Morgan fingerprint density at radius 1 is 1.06 bits per heavy atom. The van der Waals surface area contributed by atoms with Crippen LogP contribution in [-0.4, -0.2) is 56.7 Å². The van der Waals surface area contributed by atoms with E-state index in [1.807, 2.05) is 63.6 Å². The molecule has 33 heavy (non-hydrogen) atoms. The van der Waals surface area contributed by atoms with Crippen molar-refractivity contribution in [1.29, 1.82) is 0 Å². The maximum atomic E-state index is 12.8. The fraction of sp³-hybridized carbons (Fsp3) is 0.360. The number of fused-ring (bicyclic) bond motifs is 1. The molecule has 1 fully saturated rings. The first-order valence-electron chi connectivity index (χ1n) is 11.5. The molecule has 4 heterocycles. The van der Waals surface area contributed by atoms with Crippen LogP contribution in [0.5, 0.6) is 0 Å². The normalized spacial score (nSPS) is 15.2. The molecule has 0 aliphatic carbocycles. The minimum Gasteiger partial charge on any atom is -0.352 e. The largest absolute Gasteiger partial charge is 0.352 e. The number of carbonyl (C=O) groups is 1. The summed E-state index contributed by atoms with van der Waals surface area (Å²) in [5.41, 5.74) is 1.82. The summed E-state index contributed by atoms with van der Waals surface area (Å²) in [5, 5.41) is 7.57. The van der Waals surface area contributed by atoms with Crippen LogP contribution in [0.1, 0.15) is 48.1 Å². The fourth-order valence-corrected chi connectivity index (χ4v) is 5.06. The van der Waals surface area contributed by atoms with E-state index in [0.717, 1.165) is 59.2 Å². The molecule has 0 spiro atoms. The lowest BCUT2D eigenvalue weighted by molar-refractivity contribution is 0.0751. The monoisotopic (exact) mass is 460 g/mol. The first-order valence-corrected chi connectivity index (χ1v) is 12.4. The number of carbonyl (C=O) groups excluding carboxylic acids is 1. The second-order valence-electron chi connectivity index (χ2n) is 8.48. The topological polar surface area (TPSA) is 67.2 Å². The number of para-hydroxylation sites is 1. The highest BCUT2D eigenvalue weighted by Crippen LogP contribution is 2.30. The summed E-state index contributed by atoms with van der Waals surface area (Å²) in [6.07, 6.45) is 3.99. The van der Waals surface area contributed by atoms with Crippen LogP contribution in [0, 0.1) is 0 Å². The zero-order chi connectivity index (χ0) is 22.8. The van der Waals surface area contributed by atoms with Crippen molar-refractivity contribution in [3.8, 4) is 5.69 Å². The lowest BCUT2D eigenvalue weighted by atomic mass is 10.1. The second kappa shape index (κ2) is 9.31. The van der Waals surface area contributed by atoms with Gasteiger partial charge in [-0.25, -0.2) is 14.6 Å². The molecule has 170 valence electrons. The molecule has 1 unspecified atom stereocenters. The van der Waals surface area contributed by atoms with Crippen molar-refractivity contribution >= 4 is 34.1 Å². The molecule has 1 aliphatic rings. The van der Waals surface area contributed by atoms with E-state index in [0.29, 0.717) is 13.1 Å². The van der Waals surface area contributed by atoms with E-state index in [9.17, 15) is 4.79 Å². The standard InChI is InChI=1S/C25H28N6OS/c1-3-8-18(2)22-27-23(20-17-26-31(24(20)28-22)19-9-5-4-6-10-19)29-12-14-30(15-13-29)25(32)21-11-7-16-33-21/h4-7,9-11,16-18H,3,8,12-15H2,1-2H3. The van der Waals surface area contributed by atoms with Crippen LogP contribution in [0.4, 0.5) is 5.82 Å². The smallest absolute Gasteiger partial charge is 0.264 e. The summed E-state index contributed by atoms with van der Waals surface area (Å²) < 4.78 is 1.90. The first kappa shape index (κ1) is 21.6. The SMILES string of the molecule is CCCC(C)c1nc(N2CCN(C(=O)c3cccs3)CC2)c2cnn(-c3ccccc3)c2n1. The van der Waals surface area contributed by atoms with Gasteiger partial charge in [0.2, 0.25) is 0 Å². The van der Waals surface area contributed by atoms with Gasteiger partial charge in [-0.2, -0.15) is 5.10 Å². The Kier molecular flexibility index (Phi) is 6.09. The number of hydrogen-bond donors (Lipinski definition) is 0. The minimum absolute atomic E-state index is 0.117. The molecule has 0 N–H and O–H groups in total. The van der Waals surface area contributed by atoms with Crippen LogP contribution >= 0.6 is 11.3 Å². The van der Waals surface area contributed by atoms with E-state index in [1.165, 1.54) is 11.3 Å². The Bertz CT molecular complexity index is 1230. The van der Waals surface area contributed by atoms with Crippen LogP contribution in [0.2, 0.25) is 0 Å². The molecule has 1 saturated heterocycles. The summed E-state index contributed by atoms with van der Waals surface area (Å²) in [5.74, 6) is 2.16. The number of benzene rings is 1. The van der Waals surface area contributed by atoms with Gasteiger partial charge in [0.25, 0.3) is 5.91 Å². The molecule has 3 aromatic heterocycles. The van der Waals surface area contributed by atoms with E-state index in [1.54, 1.807) is 0 Å². The van der Waals surface area contributed by atoms with Gasteiger partial charge in [-0.15, -0.1) is 11.3 Å². The molecule has 4 aromatic rings. The van der Waals surface area contributed by atoms with Crippen molar-refractivity contribution in [2.24, 2.45) is 0 Å². The van der Waals surface area contributed by atoms with Crippen LogP contribution in [0.25, 0.3) is 16.7 Å². The molecule has 0 saturated carbocycles. The van der Waals surface area contributed by atoms with Crippen LogP contribution in [-0.2, 0) is 0 Å². The molecule has 1 aliphatic heterocycles. The molecular weight excluding hydrogens is 432 g/mol. The maximum Gasteiger partial charge on any atom is 0.264 e. The van der Waals surface area contributed by atoms with Gasteiger partial charge in [0.05, 0.1) is 22.1 Å². The van der Waals surface area contributed by atoms with Crippen molar-refractivity contribution in [1.82, 2.24) is 24.6 Å². The van der Waals surface area contributed by atoms with Crippen LogP contribution in [0.3, 0.4) is 0 Å². The number of anilines is 1. The van der Waals surface area contributed by atoms with Crippen LogP contribution in [0.15, 0.2) is 54.0 Å². The Balaban J connectivity index is 1.48. The summed E-state index contributed by atoms with van der Waals surface area (Å²) in [4.78, 5) is 27.8. The molecular formula is C25H28N6OS. The van der Waals surface area contributed by atoms with Gasteiger partial charge < -0.3 is 9.80 Å². The van der Waals surface area contributed by atoms with E-state index in [2.05, 4.69) is 23.8 Å². The first-order chi connectivity index (χ1) is 16.2. The predicted octanol–water partition coefficient (Wildman–Crippen LogP) is 4.74. The minimum atomic E-state index is 0.117. The van der Waals surface area contributed by atoms with Gasteiger partial charge in [0.15, 0.2) is 5.65 Å². The quantitative estimate of drug-likeness (QED) is 0.416. The lowest BCUT2D eigenvalue weighted by Gasteiger charge is -2.35. The molecule has 0 radical (unpaired) electrons. The third-order valence-corrected chi connectivity index (χ3v) is 7.05. The molecule has 1 atom stereocenters. The number of thiophene rings is 1. The number of piperazine rings is 1. The maximum absolute atomic E-state index is 12.8. The van der Waals surface area contributed by atoms with Gasteiger partial charge in [-0.1, -0.05) is 44.5 Å². The van der Waals surface area contributed by atoms with Gasteiger partial charge in [0, 0.05) is 32.1 Å². The molecule has 5 rings (SSSR count). The highest BCUT2D eigenvalue weighted by molar-refractivity contribution is 7.12. The van der Waals surface area contributed by atoms with Gasteiger partial charge >= 0.3 is 0 Å². The second-order valence-corrected chi connectivity index (χ2v) is 9.43. The zero-order valence-electron chi connectivity index (χ0n) is 19.0. The number of aromatic nitrogens is 4. The van der Waals surface area contributed by atoms with Gasteiger partial charge in [-0.05, 0) is 30.0 Å². The van der Waals surface area contributed by atoms with E-state index >= 15 is 0 Å². The molecule has 8 heteroatoms. The molecule has 0 bridgehead atoms. The van der Waals surface area contributed by atoms with Gasteiger partial charge in [0.1, 0.15) is 11.6 Å². The third kappa shape index (κ3) is 4.23. The summed E-state index contributed by atoms with van der Waals surface area (Å²) in [6.45, 7) is 7.20. The van der Waals surface area contributed by atoms with Crippen molar-refractivity contribution in [3.63, 3.8) is 0 Å². The number of rotatable bonds is 6. The molecule has 1 aromatic carbocycles.